The van der Waals surface area contributed by atoms with Crippen LogP contribution in [0.2, 0.25) is 0 Å². The molecule has 234 valence electrons. The van der Waals surface area contributed by atoms with Crippen LogP contribution < -0.4 is 11.1 Å². The number of alkyl halides is 1. The van der Waals surface area contributed by atoms with Crippen molar-refractivity contribution in [1.29, 1.82) is 0 Å². The summed E-state index contributed by atoms with van der Waals surface area (Å²) in [5.74, 6) is 3.04. The lowest BCUT2D eigenvalue weighted by molar-refractivity contribution is -0.128. The van der Waals surface area contributed by atoms with Crippen LogP contribution in [0.3, 0.4) is 0 Å². The highest BCUT2D eigenvalue weighted by atomic mass is 35.5. The molecule has 3 N–H and O–H groups in total. The number of ketones is 2. The Morgan fingerprint density at radius 1 is 0.727 bits per heavy atom. The number of pyridine rings is 2. The number of hydrogen-bond donors (Lipinski definition) is 2. The molecule has 1 amide bonds. The van der Waals surface area contributed by atoms with Crippen molar-refractivity contribution in [3.63, 3.8) is 0 Å². The molecule has 8 aliphatic rings. The Balaban J connectivity index is 0.000000144. The van der Waals surface area contributed by atoms with E-state index in [9.17, 15) is 14.4 Å². The van der Waals surface area contributed by atoms with Crippen LogP contribution in [0.25, 0.3) is 0 Å². The maximum absolute atomic E-state index is 12.7. The van der Waals surface area contributed by atoms with Crippen LogP contribution in [0.4, 0.5) is 0 Å². The van der Waals surface area contributed by atoms with E-state index in [-0.39, 0.29) is 45.3 Å². The smallest absolute Gasteiger partial charge is 0.235 e. The molecule has 2 aromatic heterocycles. The van der Waals surface area contributed by atoms with Crippen LogP contribution >= 0.6 is 11.6 Å². The molecular formula is C36H45ClN4O3. The highest BCUT2D eigenvalue weighted by Gasteiger charge is 2.59. The number of nitrogens with zero attached hydrogens (tertiary/aromatic N) is 2. The molecule has 8 bridgehead atoms. The standard InChI is InChI=1S/C19H23ClN2O2.C17H22N2O/c20-11-17(24)22-19-8-13-5-14(9-19)7-18(6-13,12-19)10-16(23)15-3-1-2-4-21-15;18-17-8-12-5-13(9-17)7-16(6-12,11-17)10-15(20)14-3-1-2-4-19-14/h1-4,13-14H,5-12H2,(H,22,24);1-4,12-13H,5-11,18H2. The summed E-state index contributed by atoms with van der Waals surface area (Å²) in [6, 6.07) is 11.1. The second kappa shape index (κ2) is 11.3. The molecule has 0 saturated heterocycles. The third kappa shape index (κ3) is 5.99. The van der Waals surface area contributed by atoms with Gasteiger partial charge in [-0.1, -0.05) is 12.1 Å². The predicted molar refractivity (Wildman–Crippen MR) is 169 cm³/mol. The van der Waals surface area contributed by atoms with Gasteiger partial charge in [-0.2, -0.15) is 0 Å². The van der Waals surface area contributed by atoms with Crippen molar-refractivity contribution < 1.29 is 14.4 Å². The highest BCUT2D eigenvalue weighted by molar-refractivity contribution is 6.27. The van der Waals surface area contributed by atoms with E-state index in [4.69, 9.17) is 17.3 Å². The van der Waals surface area contributed by atoms with Crippen molar-refractivity contribution in [1.82, 2.24) is 15.3 Å². The van der Waals surface area contributed by atoms with E-state index in [1.165, 1.54) is 38.5 Å². The van der Waals surface area contributed by atoms with E-state index in [1.807, 2.05) is 30.3 Å². The molecule has 7 nitrogen and oxygen atoms in total. The molecule has 8 aliphatic carbocycles. The summed E-state index contributed by atoms with van der Waals surface area (Å²) >= 11 is 5.72. The van der Waals surface area contributed by atoms with Gasteiger partial charge in [0.2, 0.25) is 5.91 Å². The zero-order chi connectivity index (χ0) is 30.6. The van der Waals surface area contributed by atoms with Crippen LogP contribution in [-0.4, -0.2) is 44.4 Å². The fourth-order valence-corrected chi connectivity index (χ4v) is 11.9. The van der Waals surface area contributed by atoms with E-state index in [2.05, 4.69) is 15.3 Å². The first-order chi connectivity index (χ1) is 21.1. The molecule has 44 heavy (non-hydrogen) atoms. The fraction of sp³-hybridized carbons (Fsp3) is 0.639. The maximum Gasteiger partial charge on any atom is 0.235 e. The molecule has 8 heteroatoms. The quantitative estimate of drug-likeness (QED) is 0.266. The molecule has 2 aromatic rings. The van der Waals surface area contributed by atoms with Crippen molar-refractivity contribution >= 4 is 29.1 Å². The summed E-state index contributed by atoms with van der Waals surface area (Å²) < 4.78 is 0. The zero-order valence-corrected chi connectivity index (χ0v) is 26.4. The summed E-state index contributed by atoms with van der Waals surface area (Å²) in [4.78, 5) is 45.6. The number of carbonyl (C=O) groups excluding carboxylic acids is 3. The minimum Gasteiger partial charge on any atom is -0.350 e. The Morgan fingerprint density at radius 2 is 1.20 bits per heavy atom. The number of aromatic nitrogens is 2. The van der Waals surface area contributed by atoms with Crippen molar-refractivity contribution in [2.45, 2.75) is 101 Å². The molecule has 4 unspecified atom stereocenters. The second-order valence-corrected chi connectivity index (χ2v) is 16.1. The van der Waals surface area contributed by atoms with Gasteiger partial charge >= 0.3 is 0 Å². The fourth-order valence-electron chi connectivity index (χ4n) is 11.8. The molecule has 8 saturated carbocycles. The lowest BCUT2D eigenvalue weighted by atomic mass is 9.46. The molecule has 0 aromatic carbocycles. The number of nitrogens with one attached hydrogen (secondary N) is 1. The number of amides is 1. The summed E-state index contributed by atoms with van der Waals surface area (Å²) in [5.41, 5.74) is 7.86. The number of halogens is 1. The largest absolute Gasteiger partial charge is 0.350 e. The van der Waals surface area contributed by atoms with Gasteiger partial charge in [0.1, 0.15) is 17.3 Å². The SMILES string of the molecule is NC12CC3CC(C1)CC(CC(=O)c1ccccn1)(C3)C2.O=C(CCl)NC12CC3CC(CC(CC(=O)c4ccccn4)(C3)C1)C2. The van der Waals surface area contributed by atoms with E-state index >= 15 is 0 Å². The Bertz CT molecular complexity index is 1390. The number of Topliss-reactive ketones (excluding diaryl/α,β-unsaturated/α-hetero) is 2. The molecule has 4 atom stereocenters. The topological polar surface area (TPSA) is 115 Å². The minimum atomic E-state index is -0.138. The Labute approximate surface area is 265 Å². The molecule has 10 rings (SSSR count). The molecule has 2 heterocycles. The monoisotopic (exact) mass is 616 g/mol. The Kier molecular flexibility index (Phi) is 7.72. The van der Waals surface area contributed by atoms with Crippen LogP contribution in [0, 0.1) is 34.5 Å². The molecule has 0 aliphatic heterocycles. The average Bonchev–Trinajstić information content (AvgIpc) is 2.95. The molecular weight excluding hydrogens is 572 g/mol. The molecule has 0 radical (unpaired) electrons. The van der Waals surface area contributed by atoms with Gasteiger partial charge in [0.15, 0.2) is 11.6 Å². The Hall–Kier alpha value is -2.64. The van der Waals surface area contributed by atoms with Crippen molar-refractivity contribution in [3.8, 4) is 0 Å². The van der Waals surface area contributed by atoms with E-state index in [0.717, 1.165) is 50.4 Å². The van der Waals surface area contributed by atoms with Gasteiger partial charge in [-0.15, -0.1) is 11.6 Å². The second-order valence-electron chi connectivity index (χ2n) is 15.9. The number of hydrogen-bond acceptors (Lipinski definition) is 6. The van der Waals surface area contributed by atoms with Crippen LogP contribution in [0.1, 0.15) is 111 Å². The lowest BCUT2D eigenvalue weighted by Crippen LogP contribution is -2.63. The maximum atomic E-state index is 12.7. The summed E-state index contributed by atoms with van der Waals surface area (Å²) in [7, 11) is 0. The summed E-state index contributed by atoms with van der Waals surface area (Å²) in [6.07, 6.45) is 18.2. The van der Waals surface area contributed by atoms with Crippen LogP contribution in [0.15, 0.2) is 48.8 Å². The first-order valence-corrected chi connectivity index (χ1v) is 17.2. The van der Waals surface area contributed by atoms with Crippen molar-refractivity contribution in [2.24, 2.45) is 40.2 Å². The number of rotatable bonds is 8. The average molecular weight is 617 g/mol. The first kappa shape index (κ1) is 30.0. The third-order valence-corrected chi connectivity index (χ3v) is 12.2. The van der Waals surface area contributed by atoms with Crippen molar-refractivity contribution in [3.05, 3.63) is 60.2 Å². The van der Waals surface area contributed by atoms with Gasteiger partial charge in [-0.25, -0.2) is 0 Å². The van der Waals surface area contributed by atoms with E-state index < -0.39 is 0 Å². The number of carbonyl (C=O) groups is 3. The van der Waals surface area contributed by atoms with Gasteiger partial charge in [0, 0.05) is 36.3 Å². The van der Waals surface area contributed by atoms with Gasteiger partial charge in [0.25, 0.3) is 0 Å². The van der Waals surface area contributed by atoms with Crippen molar-refractivity contribution in [2.75, 3.05) is 5.88 Å². The van der Waals surface area contributed by atoms with Crippen LogP contribution in [-0.2, 0) is 4.79 Å². The van der Waals surface area contributed by atoms with Gasteiger partial charge in [0.05, 0.1) is 0 Å². The normalized spacial score (nSPS) is 39.0. The van der Waals surface area contributed by atoms with Gasteiger partial charge in [-0.3, -0.25) is 24.4 Å². The third-order valence-electron chi connectivity index (χ3n) is 11.9. The molecule has 8 fully saturated rings. The first-order valence-electron chi connectivity index (χ1n) is 16.6. The van der Waals surface area contributed by atoms with E-state index in [1.54, 1.807) is 18.5 Å². The number of nitrogens with two attached hydrogens (primary N) is 1. The van der Waals surface area contributed by atoms with E-state index in [0.29, 0.717) is 36.1 Å². The summed E-state index contributed by atoms with van der Waals surface area (Å²) in [5, 5.41) is 3.21. The summed E-state index contributed by atoms with van der Waals surface area (Å²) in [6.45, 7) is 0. The zero-order valence-electron chi connectivity index (χ0n) is 25.6. The predicted octanol–water partition coefficient (Wildman–Crippen LogP) is 6.30. The Morgan fingerprint density at radius 3 is 1.64 bits per heavy atom. The van der Waals surface area contributed by atoms with Crippen LogP contribution in [0.5, 0.6) is 0 Å². The van der Waals surface area contributed by atoms with Gasteiger partial charge < -0.3 is 11.1 Å². The lowest BCUT2D eigenvalue weighted by Gasteiger charge is -2.62. The minimum absolute atomic E-state index is 0.0109. The van der Waals surface area contributed by atoms with Gasteiger partial charge in [-0.05, 0) is 136 Å². The highest BCUT2D eigenvalue weighted by Crippen LogP contribution is 2.64. The molecule has 0 spiro atoms.